The minimum atomic E-state index is -0.632. The summed E-state index contributed by atoms with van der Waals surface area (Å²) in [5.41, 5.74) is 9.87. The second kappa shape index (κ2) is 13.0. The van der Waals surface area contributed by atoms with Crippen molar-refractivity contribution in [2.45, 2.75) is 44.3 Å². The summed E-state index contributed by atoms with van der Waals surface area (Å²) in [5, 5.41) is 2.99. The van der Waals surface area contributed by atoms with Crippen LogP contribution in [-0.2, 0) is 22.6 Å². The van der Waals surface area contributed by atoms with Gasteiger partial charge in [0.1, 0.15) is 23.6 Å². The standard InChI is InChI=1S/C33H34N4O3/c34-19-5-4-10-31-32(38)36-30(21-24-13-17-28(18-14-24)40-29-9-6-20-35-22-29)33(39)37(31)23-25-11-15-27(16-12-25)26-7-2-1-3-8-26/h1-3,6-9,11-18,20,22,30-31H,4-5,10,19,21,23,34H2,(H,36,38). The molecule has 1 aromatic heterocycles. The van der Waals surface area contributed by atoms with Gasteiger partial charge in [-0.1, -0.05) is 66.7 Å². The number of benzene rings is 3. The van der Waals surface area contributed by atoms with Crippen LogP contribution < -0.4 is 15.8 Å². The molecule has 7 nitrogen and oxygen atoms in total. The lowest BCUT2D eigenvalue weighted by Gasteiger charge is -2.39. The number of hydrogen-bond acceptors (Lipinski definition) is 5. The maximum Gasteiger partial charge on any atom is 0.246 e. The van der Waals surface area contributed by atoms with E-state index in [1.165, 1.54) is 0 Å². The highest BCUT2D eigenvalue weighted by Gasteiger charge is 2.40. The fraction of sp³-hybridized carbons (Fsp3) is 0.242. The Labute approximate surface area is 235 Å². The Bertz CT molecular complexity index is 1390. The molecule has 1 aliphatic rings. The molecule has 0 bridgehead atoms. The Hall–Kier alpha value is -4.49. The van der Waals surface area contributed by atoms with E-state index in [4.69, 9.17) is 10.5 Å². The molecule has 0 aliphatic carbocycles. The predicted molar refractivity (Wildman–Crippen MR) is 156 cm³/mol. The molecule has 40 heavy (non-hydrogen) atoms. The Morgan fingerprint density at radius 1 is 0.800 bits per heavy atom. The number of nitrogens with two attached hydrogens (primary N) is 1. The molecule has 0 radical (unpaired) electrons. The lowest BCUT2D eigenvalue weighted by Crippen LogP contribution is -2.63. The smallest absolute Gasteiger partial charge is 0.246 e. The summed E-state index contributed by atoms with van der Waals surface area (Å²) in [6, 6.07) is 28.4. The van der Waals surface area contributed by atoms with E-state index in [1.54, 1.807) is 17.3 Å². The van der Waals surface area contributed by atoms with Crippen LogP contribution in [0.1, 0.15) is 30.4 Å². The third-order valence-electron chi connectivity index (χ3n) is 7.16. The molecular formula is C33H34N4O3. The van der Waals surface area contributed by atoms with Crippen molar-refractivity contribution in [3.8, 4) is 22.6 Å². The van der Waals surface area contributed by atoms with Gasteiger partial charge < -0.3 is 20.7 Å². The van der Waals surface area contributed by atoms with Gasteiger partial charge >= 0.3 is 0 Å². The number of hydrogen-bond donors (Lipinski definition) is 2. The molecule has 1 aliphatic heterocycles. The zero-order chi connectivity index (χ0) is 27.7. The van der Waals surface area contributed by atoms with Crippen molar-refractivity contribution in [2.24, 2.45) is 5.73 Å². The van der Waals surface area contributed by atoms with Crippen molar-refractivity contribution in [3.05, 3.63) is 115 Å². The molecule has 1 saturated heterocycles. The van der Waals surface area contributed by atoms with Crippen LogP contribution in [0.5, 0.6) is 11.5 Å². The summed E-state index contributed by atoms with van der Waals surface area (Å²) in [5.74, 6) is 1.15. The van der Waals surface area contributed by atoms with Crippen molar-refractivity contribution in [3.63, 3.8) is 0 Å². The van der Waals surface area contributed by atoms with E-state index >= 15 is 0 Å². The zero-order valence-corrected chi connectivity index (χ0v) is 22.4. The van der Waals surface area contributed by atoms with Gasteiger partial charge in [0.05, 0.1) is 6.20 Å². The predicted octanol–water partition coefficient (Wildman–Crippen LogP) is 5.11. The normalized spacial score (nSPS) is 17.0. The van der Waals surface area contributed by atoms with Gasteiger partial charge in [-0.25, -0.2) is 0 Å². The fourth-order valence-corrected chi connectivity index (χ4v) is 5.02. The fourth-order valence-electron chi connectivity index (χ4n) is 5.02. The molecule has 2 heterocycles. The molecule has 1 fully saturated rings. The number of nitrogens with zero attached hydrogens (tertiary/aromatic N) is 2. The molecule has 0 saturated carbocycles. The minimum absolute atomic E-state index is 0.0693. The van der Waals surface area contributed by atoms with Gasteiger partial charge in [0.15, 0.2) is 0 Å². The molecule has 5 rings (SSSR count). The first-order valence-corrected chi connectivity index (χ1v) is 13.7. The number of rotatable bonds is 11. The Morgan fingerprint density at radius 3 is 2.23 bits per heavy atom. The number of carbonyl (C=O) groups is 2. The molecule has 2 amide bonds. The van der Waals surface area contributed by atoms with Gasteiger partial charge in [-0.2, -0.15) is 0 Å². The monoisotopic (exact) mass is 534 g/mol. The van der Waals surface area contributed by atoms with Crippen LogP contribution in [0.2, 0.25) is 0 Å². The molecule has 3 aromatic carbocycles. The maximum atomic E-state index is 13.8. The van der Waals surface area contributed by atoms with Crippen LogP contribution >= 0.6 is 0 Å². The summed E-state index contributed by atoms with van der Waals surface area (Å²) in [7, 11) is 0. The van der Waals surface area contributed by atoms with Crippen LogP contribution in [0.3, 0.4) is 0 Å². The van der Waals surface area contributed by atoms with Crippen molar-refractivity contribution >= 4 is 11.8 Å². The number of nitrogens with one attached hydrogen (secondary N) is 1. The van der Waals surface area contributed by atoms with Crippen LogP contribution in [-0.4, -0.2) is 40.3 Å². The molecular weight excluding hydrogens is 500 g/mol. The van der Waals surface area contributed by atoms with Crippen LogP contribution in [0.15, 0.2) is 103 Å². The lowest BCUT2D eigenvalue weighted by atomic mass is 9.96. The highest BCUT2D eigenvalue weighted by molar-refractivity contribution is 5.97. The molecule has 2 unspecified atom stereocenters. The molecule has 2 atom stereocenters. The van der Waals surface area contributed by atoms with Crippen molar-refractivity contribution in [2.75, 3.05) is 6.54 Å². The Morgan fingerprint density at radius 2 is 1.52 bits per heavy atom. The highest BCUT2D eigenvalue weighted by atomic mass is 16.5. The largest absolute Gasteiger partial charge is 0.456 e. The summed E-state index contributed by atoms with van der Waals surface area (Å²) in [6.45, 7) is 0.940. The van der Waals surface area contributed by atoms with E-state index in [2.05, 4.69) is 34.6 Å². The van der Waals surface area contributed by atoms with E-state index in [9.17, 15) is 9.59 Å². The quantitative estimate of drug-likeness (QED) is 0.261. The van der Waals surface area contributed by atoms with Gasteiger partial charge in [-0.3, -0.25) is 14.6 Å². The van der Waals surface area contributed by atoms with Crippen molar-refractivity contribution < 1.29 is 14.3 Å². The van der Waals surface area contributed by atoms with E-state index in [0.717, 1.165) is 35.1 Å². The Kier molecular flexibility index (Phi) is 8.83. The molecule has 3 N–H and O–H groups in total. The zero-order valence-electron chi connectivity index (χ0n) is 22.4. The van der Waals surface area contributed by atoms with Gasteiger partial charge in [-0.05, 0) is 72.3 Å². The number of aromatic nitrogens is 1. The first kappa shape index (κ1) is 27.1. The number of unbranched alkanes of at least 4 members (excludes halogenated alkanes) is 1. The number of amides is 2. The second-order valence-corrected chi connectivity index (χ2v) is 10.0. The van der Waals surface area contributed by atoms with E-state index < -0.39 is 12.1 Å². The molecule has 7 heteroatoms. The molecule has 0 spiro atoms. The average molecular weight is 535 g/mol. The number of piperazine rings is 1. The van der Waals surface area contributed by atoms with Crippen LogP contribution in [0.25, 0.3) is 11.1 Å². The maximum absolute atomic E-state index is 13.8. The van der Waals surface area contributed by atoms with E-state index in [0.29, 0.717) is 37.4 Å². The minimum Gasteiger partial charge on any atom is -0.456 e. The average Bonchev–Trinajstić information content (AvgIpc) is 2.99. The molecule has 204 valence electrons. The highest BCUT2D eigenvalue weighted by Crippen LogP contribution is 2.25. The van der Waals surface area contributed by atoms with E-state index in [1.807, 2.05) is 66.7 Å². The lowest BCUT2D eigenvalue weighted by molar-refractivity contribution is -0.150. The third kappa shape index (κ3) is 6.74. The first-order chi connectivity index (χ1) is 19.6. The summed E-state index contributed by atoms with van der Waals surface area (Å²) >= 11 is 0. The van der Waals surface area contributed by atoms with Gasteiger partial charge in [0, 0.05) is 19.2 Å². The second-order valence-electron chi connectivity index (χ2n) is 10.0. The van der Waals surface area contributed by atoms with Crippen LogP contribution in [0.4, 0.5) is 0 Å². The number of carbonyl (C=O) groups excluding carboxylic acids is 2. The summed E-state index contributed by atoms with van der Waals surface area (Å²) in [4.78, 5) is 32.9. The van der Waals surface area contributed by atoms with Crippen molar-refractivity contribution in [1.82, 2.24) is 15.2 Å². The third-order valence-corrected chi connectivity index (χ3v) is 7.16. The topological polar surface area (TPSA) is 97.5 Å². The summed E-state index contributed by atoms with van der Waals surface area (Å²) < 4.78 is 5.83. The van der Waals surface area contributed by atoms with Gasteiger partial charge in [0.25, 0.3) is 0 Å². The van der Waals surface area contributed by atoms with Gasteiger partial charge in [-0.15, -0.1) is 0 Å². The van der Waals surface area contributed by atoms with Crippen molar-refractivity contribution in [1.29, 1.82) is 0 Å². The number of ether oxygens (including phenoxy) is 1. The summed E-state index contributed by atoms with van der Waals surface area (Å²) in [6.07, 6.45) is 5.93. The van der Waals surface area contributed by atoms with Gasteiger partial charge in [0.2, 0.25) is 11.8 Å². The van der Waals surface area contributed by atoms with E-state index in [-0.39, 0.29) is 11.8 Å². The van der Waals surface area contributed by atoms with Crippen LogP contribution in [0, 0.1) is 0 Å². The molecule has 4 aromatic rings. The number of pyridine rings is 1. The SMILES string of the molecule is NCCCCC1C(=O)NC(Cc2ccc(Oc3cccnc3)cc2)C(=O)N1Cc1ccc(-c2ccccc2)cc1. The Balaban J connectivity index is 1.30. The first-order valence-electron chi connectivity index (χ1n) is 13.7.